The van der Waals surface area contributed by atoms with Gasteiger partial charge in [-0.05, 0) is 18.6 Å². The van der Waals surface area contributed by atoms with Crippen LogP contribution in [0.2, 0.25) is 0 Å². The topological polar surface area (TPSA) is 81.2 Å². The minimum Gasteiger partial charge on any atom is -0.477 e. The van der Waals surface area contributed by atoms with Gasteiger partial charge in [0.05, 0.1) is 6.54 Å². The van der Waals surface area contributed by atoms with E-state index in [9.17, 15) is 9.90 Å². The fourth-order valence-electron chi connectivity index (χ4n) is 2.37. The van der Waals surface area contributed by atoms with Crippen molar-refractivity contribution in [3.05, 3.63) is 47.7 Å². The third kappa shape index (κ3) is 2.52. The van der Waals surface area contributed by atoms with Gasteiger partial charge in [-0.25, -0.2) is 4.79 Å². The molecule has 3 rings (SSSR count). The molecule has 6 heteroatoms. The smallest absolute Gasteiger partial charge is 0.352 e. The quantitative estimate of drug-likeness (QED) is 0.779. The Labute approximate surface area is 121 Å². The zero-order chi connectivity index (χ0) is 14.8. The van der Waals surface area contributed by atoms with Gasteiger partial charge in [-0.1, -0.05) is 30.3 Å². The number of nitrogens with zero attached hydrogens (tertiary/aromatic N) is 3. The maximum Gasteiger partial charge on any atom is 0.352 e. The molecule has 0 bridgehead atoms. The summed E-state index contributed by atoms with van der Waals surface area (Å²) < 4.78 is 6.84. The number of carboxylic acids is 1. The zero-order valence-corrected chi connectivity index (χ0v) is 11.6. The third-order valence-electron chi connectivity index (χ3n) is 3.30. The molecule has 0 spiro atoms. The second kappa shape index (κ2) is 5.40. The van der Waals surface area contributed by atoms with Crippen molar-refractivity contribution in [1.29, 1.82) is 0 Å². The Kier molecular flexibility index (Phi) is 3.43. The molecule has 1 N–H and O–H groups in total. The molecule has 3 aromatic rings. The van der Waals surface area contributed by atoms with Crippen LogP contribution in [0.15, 0.2) is 34.9 Å². The Bertz CT molecular complexity index is 788. The average molecular weight is 285 g/mol. The lowest BCUT2D eigenvalue weighted by atomic mass is 10.2. The van der Waals surface area contributed by atoms with Gasteiger partial charge in [0.25, 0.3) is 0 Å². The SMILES string of the molecule is CCCc1nc(Cn2c(C(=O)O)cc3ccccc32)no1. The molecule has 2 heterocycles. The number of aromatic carboxylic acids is 1. The van der Waals surface area contributed by atoms with Gasteiger partial charge >= 0.3 is 5.97 Å². The lowest BCUT2D eigenvalue weighted by Gasteiger charge is -2.04. The summed E-state index contributed by atoms with van der Waals surface area (Å²) >= 11 is 0. The molecule has 0 saturated carbocycles. The highest BCUT2D eigenvalue weighted by Crippen LogP contribution is 2.21. The van der Waals surface area contributed by atoms with Crippen molar-refractivity contribution in [2.24, 2.45) is 0 Å². The number of carbonyl (C=O) groups is 1. The molecule has 6 nitrogen and oxygen atoms in total. The first-order chi connectivity index (χ1) is 10.2. The number of benzene rings is 1. The molecule has 21 heavy (non-hydrogen) atoms. The molecule has 0 aliphatic carbocycles. The molecule has 0 aliphatic heterocycles. The fraction of sp³-hybridized carbons (Fsp3) is 0.267. The van der Waals surface area contributed by atoms with Crippen molar-refractivity contribution in [2.45, 2.75) is 26.3 Å². The van der Waals surface area contributed by atoms with Crippen molar-refractivity contribution < 1.29 is 14.4 Å². The highest BCUT2D eigenvalue weighted by atomic mass is 16.5. The van der Waals surface area contributed by atoms with Crippen molar-refractivity contribution in [3.63, 3.8) is 0 Å². The van der Waals surface area contributed by atoms with Crippen LogP contribution in [0.4, 0.5) is 0 Å². The maximum absolute atomic E-state index is 11.4. The Morgan fingerprint density at radius 2 is 2.19 bits per heavy atom. The molecule has 1 aromatic carbocycles. The van der Waals surface area contributed by atoms with Crippen LogP contribution in [0.1, 0.15) is 35.5 Å². The number of aryl methyl sites for hydroxylation is 1. The standard InChI is InChI=1S/C15H15N3O3/c1-2-5-14-16-13(17-21-14)9-18-11-7-4-3-6-10(11)8-12(18)15(19)20/h3-4,6-8H,2,5,9H2,1H3,(H,19,20). The molecule has 0 saturated heterocycles. The molecule has 0 radical (unpaired) electrons. The van der Waals surface area contributed by atoms with E-state index in [1.54, 1.807) is 10.6 Å². The summed E-state index contributed by atoms with van der Waals surface area (Å²) in [6, 6.07) is 9.19. The summed E-state index contributed by atoms with van der Waals surface area (Å²) in [6.45, 7) is 2.31. The van der Waals surface area contributed by atoms with Crippen molar-refractivity contribution in [2.75, 3.05) is 0 Å². The summed E-state index contributed by atoms with van der Waals surface area (Å²) in [4.78, 5) is 15.7. The van der Waals surface area contributed by atoms with Gasteiger partial charge in [0, 0.05) is 17.3 Å². The Hall–Kier alpha value is -2.63. The van der Waals surface area contributed by atoms with Crippen LogP contribution in [0.3, 0.4) is 0 Å². The van der Waals surface area contributed by atoms with E-state index < -0.39 is 5.97 Å². The van der Waals surface area contributed by atoms with E-state index in [0.717, 1.165) is 23.7 Å². The van der Waals surface area contributed by atoms with Crippen LogP contribution in [-0.4, -0.2) is 25.8 Å². The van der Waals surface area contributed by atoms with Crippen LogP contribution < -0.4 is 0 Å². The number of hydrogen-bond acceptors (Lipinski definition) is 4. The highest BCUT2D eigenvalue weighted by Gasteiger charge is 2.16. The second-order valence-electron chi connectivity index (χ2n) is 4.83. The molecular formula is C15H15N3O3. The van der Waals surface area contributed by atoms with Crippen LogP contribution in [0.25, 0.3) is 10.9 Å². The van der Waals surface area contributed by atoms with Crippen LogP contribution in [-0.2, 0) is 13.0 Å². The molecule has 0 unspecified atom stereocenters. The molecular weight excluding hydrogens is 270 g/mol. The van der Waals surface area contributed by atoms with E-state index in [0.29, 0.717) is 11.7 Å². The predicted molar refractivity (Wildman–Crippen MR) is 76.3 cm³/mol. The number of aromatic nitrogens is 3. The summed E-state index contributed by atoms with van der Waals surface area (Å²) in [5, 5.41) is 14.1. The number of para-hydroxylation sites is 1. The summed E-state index contributed by atoms with van der Waals surface area (Å²) in [6.07, 6.45) is 1.65. The van der Waals surface area contributed by atoms with E-state index >= 15 is 0 Å². The van der Waals surface area contributed by atoms with E-state index in [2.05, 4.69) is 10.1 Å². The summed E-state index contributed by atoms with van der Waals surface area (Å²) in [5.41, 5.74) is 1.06. The van der Waals surface area contributed by atoms with E-state index in [4.69, 9.17) is 4.52 Å². The van der Waals surface area contributed by atoms with Gasteiger partial charge < -0.3 is 14.2 Å². The minimum atomic E-state index is -0.969. The van der Waals surface area contributed by atoms with Gasteiger partial charge in [-0.2, -0.15) is 4.98 Å². The fourth-order valence-corrected chi connectivity index (χ4v) is 2.37. The Morgan fingerprint density at radius 3 is 2.95 bits per heavy atom. The third-order valence-corrected chi connectivity index (χ3v) is 3.30. The lowest BCUT2D eigenvalue weighted by molar-refractivity contribution is 0.0686. The molecule has 0 fully saturated rings. The predicted octanol–water partition coefficient (Wildman–Crippen LogP) is 2.72. The molecule has 108 valence electrons. The highest BCUT2D eigenvalue weighted by molar-refractivity contribution is 5.94. The van der Waals surface area contributed by atoms with Crippen molar-refractivity contribution >= 4 is 16.9 Å². The number of rotatable bonds is 5. The summed E-state index contributed by atoms with van der Waals surface area (Å²) in [7, 11) is 0. The molecule has 0 amide bonds. The minimum absolute atomic E-state index is 0.220. The van der Waals surface area contributed by atoms with Crippen LogP contribution >= 0.6 is 0 Å². The lowest BCUT2D eigenvalue weighted by Crippen LogP contribution is -2.10. The Morgan fingerprint density at radius 1 is 1.38 bits per heavy atom. The molecule has 2 aromatic heterocycles. The Balaban J connectivity index is 2.01. The first-order valence-corrected chi connectivity index (χ1v) is 6.82. The monoisotopic (exact) mass is 285 g/mol. The maximum atomic E-state index is 11.4. The number of fused-ring (bicyclic) bond motifs is 1. The van der Waals surface area contributed by atoms with Gasteiger partial charge in [-0.3, -0.25) is 0 Å². The van der Waals surface area contributed by atoms with Gasteiger partial charge in [0.2, 0.25) is 5.89 Å². The van der Waals surface area contributed by atoms with E-state index in [1.165, 1.54) is 0 Å². The normalized spacial score (nSPS) is 11.1. The van der Waals surface area contributed by atoms with E-state index in [1.807, 2.05) is 31.2 Å². The molecule has 0 aliphatic rings. The van der Waals surface area contributed by atoms with Crippen molar-refractivity contribution in [3.8, 4) is 0 Å². The second-order valence-corrected chi connectivity index (χ2v) is 4.83. The number of hydrogen-bond donors (Lipinski definition) is 1. The van der Waals surface area contributed by atoms with Crippen molar-refractivity contribution in [1.82, 2.24) is 14.7 Å². The van der Waals surface area contributed by atoms with Crippen LogP contribution in [0, 0.1) is 0 Å². The zero-order valence-electron chi connectivity index (χ0n) is 11.6. The van der Waals surface area contributed by atoms with E-state index in [-0.39, 0.29) is 12.2 Å². The van der Waals surface area contributed by atoms with Gasteiger partial charge in [0.15, 0.2) is 5.82 Å². The van der Waals surface area contributed by atoms with Gasteiger partial charge in [-0.15, -0.1) is 0 Å². The average Bonchev–Trinajstić information content (AvgIpc) is 3.05. The first-order valence-electron chi connectivity index (χ1n) is 6.82. The summed E-state index contributed by atoms with van der Waals surface area (Å²) in [5.74, 6) is 0.103. The van der Waals surface area contributed by atoms with Gasteiger partial charge in [0.1, 0.15) is 5.69 Å². The number of carboxylic acid groups (broad SMARTS) is 1. The largest absolute Gasteiger partial charge is 0.477 e. The van der Waals surface area contributed by atoms with Crippen LogP contribution in [0.5, 0.6) is 0 Å². The molecule has 0 atom stereocenters. The first kappa shape index (κ1) is 13.4.